The number of carbonyl (C=O) groups excluding carboxylic acids is 2. The van der Waals surface area contributed by atoms with Gasteiger partial charge >= 0.3 is 5.97 Å². The molecule has 0 fully saturated rings. The molecule has 2 rings (SSSR count). The molecule has 0 spiro atoms. The number of esters is 1. The normalized spacial score (nSPS) is 10.5. The summed E-state index contributed by atoms with van der Waals surface area (Å²) in [4.78, 5) is 30.1. The lowest BCUT2D eigenvalue weighted by molar-refractivity contribution is 0.0601. The molecule has 0 bridgehead atoms. The molecule has 7 heteroatoms. The summed E-state index contributed by atoms with van der Waals surface area (Å²) in [5.74, 6) is -0.625. The van der Waals surface area contributed by atoms with Crippen LogP contribution >= 0.6 is 0 Å². The average Bonchev–Trinajstić information content (AvgIpc) is 2.65. The van der Waals surface area contributed by atoms with Crippen LogP contribution in [0.3, 0.4) is 0 Å². The highest BCUT2D eigenvalue weighted by Crippen LogP contribution is 2.21. The van der Waals surface area contributed by atoms with Gasteiger partial charge in [0.1, 0.15) is 5.69 Å². The highest BCUT2D eigenvalue weighted by Gasteiger charge is 2.12. The first kappa shape index (κ1) is 19.4. The molecule has 0 aliphatic rings. The van der Waals surface area contributed by atoms with Gasteiger partial charge in [0.25, 0.3) is 5.91 Å². The molecule has 0 atom stereocenters. The Morgan fingerprint density at radius 3 is 2.58 bits per heavy atom. The summed E-state index contributed by atoms with van der Waals surface area (Å²) in [7, 11) is 5.33. The number of aromatic nitrogens is 1. The van der Waals surface area contributed by atoms with Crippen molar-refractivity contribution in [1.29, 1.82) is 0 Å². The summed E-state index contributed by atoms with van der Waals surface area (Å²) in [6, 6.07) is 10.4. The van der Waals surface area contributed by atoms with Crippen molar-refractivity contribution in [3.8, 4) is 0 Å². The van der Waals surface area contributed by atoms with Crippen molar-refractivity contribution in [1.82, 2.24) is 15.2 Å². The van der Waals surface area contributed by atoms with Crippen LogP contribution in [-0.2, 0) is 4.74 Å². The maximum atomic E-state index is 12.1. The molecule has 0 unspecified atom stereocenters. The van der Waals surface area contributed by atoms with Crippen molar-refractivity contribution in [2.45, 2.75) is 6.42 Å². The first-order chi connectivity index (χ1) is 12.5. The van der Waals surface area contributed by atoms with Gasteiger partial charge < -0.3 is 20.3 Å². The summed E-state index contributed by atoms with van der Waals surface area (Å²) < 4.78 is 4.78. The Kier molecular flexibility index (Phi) is 7.11. The fourth-order valence-corrected chi connectivity index (χ4v) is 2.33. The summed E-state index contributed by atoms with van der Waals surface area (Å²) in [6.07, 6.45) is 2.44. The number of rotatable bonds is 8. The van der Waals surface area contributed by atoms with Gasteiger partial charge in [-0.2, -0.15) is 0 Å². The number of hydrogen-bond donors (Lipinski definition) is 2. The molecule has 1 amide bonds. The quantitative estimate of drug-likeness (QED) is 0.558. The van der Waals surface area contributed by atoms with Crippen molar-refractivity contribution in [2.75, 3.05) is 39.6 Å². The lowest BCUT2D eigenvalue weighted by atomic mass is 10.1. The van der Waals surface area contributed by atoms with Crippen LogP contribution in [0.2, 0.25) is 0 Å². The van der Waals surface area contributed by atoms with E-state index in [1.54, 1.807) is 36.5 Å². The topological polar surface area (TPSA) is 83.6 Å². The summed E-state index contributed by atoms with van der Waals surface area (Å²) in [6.45, 7) is 1.52. The van der Waals surface area contributed by atoms with Crippen LogP contribution in [-0.4, -0.2) is 56.1 Å². The number of para-hydroxylation sites is 1. The molecular formula is C19H24N4O3. The maximum absolute atomic E-state index is 12.1. The van der Waals surface area contributed by atoms with Crippen LogP contribution in [0.5, 0.6) is 0 Å². The maximum Gasteiger partial charge on any atom is 0.339 e. The van der Waals surface area contributed by atoms with E-state index in [4.69, 9.17) is 4.74 Å². The molecule has 138 valence electrons. The molecule has 0 radical (unpaired) electrons. The van der Waals surface area contributed by atoms with Crippen molar-refractivity contribution in [3.05, 3.63) is 53.9 Å². The van der Waals surface area contributed by atoms with E-state index >= 15 is 0 Å². The molecular weight excluding hydrogens is 332 g/mol. The Balaban J connectivity index is 1.98. The van der Waals surface area contributed by atoms with Gasteiger partial charge in [0.2, 0.25) is 0 Å². The van der Waals surface area contributed by atoms with Gasteiger partial charge in [-0.25, -0.2) is 9.78 Å². The summed E-state index contributed by atoms with van der Waals surface area (Å²) >= 11 is 0. The number of methoxy groups -OCH3 is 1. The van der Waals surface area contributed by atoms with E-state index in [-0.39, 0.29) is 5.91 Å². The van der Waals surface area contributed by atoms with Gasteiger partial charge in [-0.1, -0.05) is 12.1 Å². The molecule has 2 N–H and O–H groups in total. The van der Waals surface area contributed by atoms with E-state index in [1.165, 1.54) is 7.11 Å². The Bertz CT molecular complexity index is 745. The minimum Gasteiger partial charge on any atom is -0.465 e. The van der Waals surface area contributed by atoms with E-state index in [0.29, 0.717) is 29.2 Å². The molecule has 1 aromatic carbocycles. The van der Waals surface area contributed by atoms with E-state index in [2.05, 4.69) is 20.5 Å². The predicted octanol–water partition coefficient (Wildman–Crippen LogP) is 2.29. The highest BCUT2D eigenvalue weighted by atomic mass is 16.5. The minimum atomic E-state index is -0.421. The zero-order valence-corrected chi connectivity index (χ0v) is 15.3. The van der Waals surface area contributed by atoms with E-state index < -0.39 is 5.97 Å². The average molecular weight is 356 g/mol. The minimum absolute atomic E-state index is 0.203. The summed E-state index contributed by atoms with van der Waals surface area (Å²) in [5.41, 5.74) is 2.06. The third-order valence-corrected chi connectivity index (χ3v) is 3.68. The van der Waals surface area contributed by atoms with Crippen LogP contribution < -0.4 is 10.6 Å². The number of amides is 1. The predicted molar refractivity (Wildman–Crippen MR) is 101 cm³/mol. The fourth-order valence-electron chi connectivity index (χ4n) is 2.33. The SMILES string of the molecule is COC(=O)c1ccccc1Nc1ccc(C(=O)NCCCN(C)C)nc1. The van der Waals surface area contributed by atoms with Gasteiger partial charge in [-0.05, 0) is 51.3 Å². The number of pyridine rings is 1. The molecule has 0 aliphatic carbocycles. The van der Waals surface area contributed by atoms with Crippen LogP contribution in [0.4, 0.5) is 11.4 Å². The number of hydrogen-bond acceptors (Lipinski definition) is 6. The second-order valence-electron chi connectivity index (χ2n) is 6.01. The number of nitrogens with zero attached hydrogens (tertiary/aromatic N) is 2. The molecule has 0 saturated heterocycles. The van der Waals surface area contributed by atoms with Gasteiger partial charge in [0, 0.05) is 6.54 Å². The van der Waals surface area contributed by atoms with Crippen LogP contribution in [0.1, 0.15) is 27.3 Å². The van der Waals surface area contributed by atoms with Gasteiger partial charge in [0.05, 0.1) is 30.2 Å². The molecule has 2 aromatic rings. The zero-order chi connectivity index (χ0) is 18.9. The van der Waals surface area contributed by atoms with Crippen LogP contribution in [0, 0.1) is 0 Å². The monoisotopic (exact) mass is 356 g/mol. The van der Waals surface area contributed by atoms with Crippen LogP contribution in [0.25, 0.3) is 0 Å². The highest BCUT2D eigenvalue weighted by molar-refractivity contribution is 5.96. The second kappa shape index (κ2) is 9.53. The Morgan fingerprint density at radius 1 is 1.15 bits per heavy atom. The number of carbonyl (C=O) groups is 2. The number of ether oxygens (including phenoxy) is 1. The third kappa shape index (κ3) is 5.56. The van der Waals surface area contributed by atoms with Gasteiger partial charge in [-0.15, -0.1) is 0 Å². The van der Waals surface area contributed by atoms with Crippen molar-refractivity contribution in [2.24, 2.45) is 0 Å². The largest absolute Gasteiger partial charge is 0.465 e. The smallest absolute Gasteiger partial charge is 0.339 e. The van der Waals surface area contributed by atoms with E-state index in [1.807, 2.05) is 20.2 Å². The van der Waals surface area contributed by atoms with E-state index in [0.717, 1.165) is 13.0 Å². The van der Waals surface area contributed by atoms with Gasteiger partial charge in [-0.3, -0.25) is 4.79 Å². The molecule has 0 aliphatic heterocycles. The number of anilines is 2. The lowest BCUT2D eigenvalue weighted by Crippen LogP contribution is -2.27. The fraction of sp³-hybridized carbons (Fsp3) is 0.316. The van der Waals surface area contributed by atoms with Crippen LogP contribution in [0.15, 0.2) is 42.6 Å². The number of nitrogens with one attached hydrogen (secondary N) is 2. The molecule has 7 nitrogen and oxygen atoms in total. The first-order valence-electron chi connectivity index (χ1n) is 8.34. The Labute approximate surface area is 153 Å². The molecule has 0 saturated carbocycles. The lowest BCUT2D eigenvalue weighted by Gasteiger charge is -2.11. The molecule has 1 heterocycles. The molecule has 1 aromatic heterocycles. The third-order valence-electron chi connectivity index (χ3n) is 3.68. The van der Waals surface area contributed by atoms with Gasteiger partial charge in [0.15, 0.2) is 0 Å². The second-order valence-corrected chi connectivity index (χ2v) is 6.01. The van der Waals surface area contributed by atoms with E-state index in [9.17, 15) is 9.59 Å². The molecule has 26 heavy (non-hydrogen) atoms. The van der Waals surface area contributed by atoms with Crippen molar-refractivity contribution >= 4 is 23.3 Å². The van der Waals surface area contributed by atoms with Crippen molar-refractivity contribution in [3.63, 3.8) is 0 Å². The van der Waals surface area contributed by atoms with Crippen molar-refractivity contribution < 1.29 is 14.3 Å². The first-order valence-corrected chi connectivity index (χ1v) is 8.34. The zero-order valence-electron chi connectivity index (χ0n) is 15.3. The Hall–Kier alpha value is -2.93. The summed E-state index contributed by atoms with van der Waals surface area (Å²) in [5, 5.41) is 5.96. The standard InChI is InChI=1S/C19H24N4O3/c1-23(2)12-6-11-20-18(24)17-10-9-14(13-21-17)22-16-8-5-4-7-15(16)19(25)26-3/h4-5,7-10,13,22H,6,11-12H2,1-3H3,(H,20,24). The number of benzene rings is 1. The Morgan fingerprint density at radius 2 is 1.92 bits per heavy atom.